The van der Waals surface area contributed by atoms with Gasteiger partial charge in [0.1, 0.15) is 30.3 Å². The molecule has 282 valence electrons. The van der Waals surface area contributed by atoms with E-state index in [2.05, 4.69) is 99.5 Å². The summed E-state index contributed by atoms with van der Waals surface area (Å²) in [6.07, 6.45) is 14.6. The zero-order valence-electron chi connectivity index (χ0n) is 34.0. The van der Waals surface area contributed by atoms with Gasteiger partial charge in [0.05, 0.1) is 6.10 Å². The number of nitrogens with zero attached hydrogens (tertiary/aromatic N) is 2. The number of hydrogen-bond donors (Lipinski definition) is 0. The third-order valence-electron chi connectivity index (χ3n) is 10.6. The quantitative estimate of drug-likeness (QED) is 0.0609. The van der Waals surface area contributed by atoms with Crippen LogP contribution in [0.4, 0.5) is 0 Å². The van der Waals surface area contributed by atoms with E-state index in [0.717, 1.165) is 60.5 Å². The highest BCUT2D eigenvalue weighted by molar-refractivity contribution is 7.44. The summed E-state index contributed by atoms with van der Waals surface area (Å²) in [6, 6.07) is 0.532. The van der Waals surface area contributed by atoms with Crippen LogP contribution in [0.25, 0.3) is 4.85 Å². The Morgan fingerprint density at radius 1 is 0.857 bits per heavy atom. The van der Waals surface area contributed by atoms with Gasteiger partial charge in [0, 0.05) is 17.6 Å². The SMILES string of the molecule is [C-]#[N+]CCOP(OC(CC)COc1c(C)c(C)c2c(c1C)CCC(C)(CCCC(C)CCCC(C)CCCC(C)C)O2)N(C(C)C)C(C)C. The predicted molar refractivity (Wildman–Crippen MR) is 210 cm³/mol. The van der Waals surface area contributed by atoms with Crippen molar-refractivity contribution in [2.75, 3.05) is 19.8 Å². The lowest BCUT2D eigenvalue weighted by molar-refractivity contribution is 0.0509. The molecule has 0 spiro atoms. The van der Waals surface area contributed by atoms with Gasteiger partial charge in [-0.15, -0.1) is 0 Å². The molecule has 2 rings (SSSR count). The van der Waals surface area contributed by atoms with E-state index in [1.165, 1.54) is 68.1 Å². The summed E-state index contributed by atoms with van der Waals surface area (Å²) in [4.78, 5) is 3.48. The van der Waals surface area contributed by atoms with Gasteiger partial charge in [-0.2, -0.15) is 0 Å². The third kappa shape index (κ3) is 14.3. The van der Waals surface area contributed by atoms with Gasteiger partial charge >= 0.3 is 0 Å². The smallest absolute Gasteiger partial charge is 0.259 e. The van der Waals surface area contributed by atoms with Crippen LogP contribution >= 0.6 is 8.53 Å². The maximum atomic E-state index is 7.18. The van der Waals surface area contributed by atoms with Gasteiger partial charge < -0.3 is 23.4 Å². The van der Waals surface area contributed by atoms with E-state index >= 15 is 0 Å². The Labute approximate surface area is 304 Å². The van der Waals surface area contributed by atoms with Crippen molar-refractivity contribution >= 4 is 8.53 Å². The van der Waals surface area contributed by atoms with Gasteiger partial charge in [0.2, 0.25) is 6.54 Å². The predicted octanol–water partition coefficient (Wildman–Crippen LogP) is 12.6. The minimum Gasteiger partial charge on any atom is -0.490 e. The fourth-order valence-electron chi connectivity index (χ4n) is 7.29. The highest BCUT2D eigenvalue weighted by Crippen LogP contribution is 2.48. The molecule has 0 amide bonds. The standard InChI is InChI=1S/C42H75N2O4P/c1-15-38(48-49(46-28-27-43-14)44(31(4)5)32(6)7)29-45-40-35(10)36(11)41-39(37(40)12)24-26-42(13,47-41)25-18-23-34(9)22-17-21-33(8)20-16-19-30(2)3/h30-34,38H,15-29H2,1-13H3. The normalized spacial score (nSPS) is 18.8. The largest absolute Gasteiger partial charge is 0.490 e. The highest BCUT2D eigenvalue weighted by atomic mass is 31.2. The van der Waals surface area contributed by atoms with Gasteiger partial charge in [-0.1, -0.05) is 79.6 Å². The molecule has 0 radical (unpaired) electrons. The Bertz CT molecular complexity index is 1140. The minimum atomic E-state index is -1.31. The number of fused-ring (bicyclic) bond motifs is 1. The summed E-state index contributed by atoms with van der Waals surface area (Å²) in [5.41, 5.74) is 4.74. The molecule has 7 heteroatoms. The van der Waals surface area contributed by atoms with Gasteiger partial charge in [-0.25, -0.2) is 11.2 Å². The summed E-state index contributed by atoms with van der Waals surface area (Å²) in [5.74, 6) is 4.53. The lowest BCUT2D eigenvalue weighted by Gasteiger charge is -2.39. The molecule has 5 atom stereocenters. The molecule has 5 unspecified atom stereocenters. The molecule has 0 bridgehead atoms. The van der Waals surface area contributed by atoms with E-state index < -0.39 is 8.53 Å². The van der Waals surface area contributed by atoms with Crippen molar-refractivity contribution in [3.63, 3.8) is 0 Å². The zero-order valence-corrected chi connectivity index (χ0v) is 34.9. The fourth-order valence-corrected chi connectivity index (χ4v) is 9.05. The van der Waals surface area contributed by atoms with Crippen LogP contribution in [0.15, 0.2) is 0 Å². The van der Waals surface area contributed by atoms with Crippen LogP contribution in [0.1, 0.15) is 162 Å². The molecule has 6 nitrogen and oxygen atoms in total. The molecule has 1 aliphatic rings. The van der Waals surface area contributed by atoms with Crippen LogP contribution in [-0.2, 0) is 15.5 Å². The Morgan fingerprint density at radius 3 is 2.00 bits per heavy atom. The molecule has 0 saturated heterocycles. The number of hydrogen-bond acceptors (Lipinski definition) is 5. The lowest BCUT2D eigenvalue weighted by Crippen LogP contribution is -2.37. The monoisotopic (exact) mass is 703 g/mol. The van der Waals surface area contributed by atoms with Crippen molar-refractivity contribution < 1.29 is 18.5 Å². The molecule has 0 fully saturated rings. The van der Waals surface area contributed by atoms with Crippen LogP contribution < -0.4 is 9.47 Å². The first-order valence-electron chi connectivity index (χ1n) is 19.8. The van der Waals surface area contributed by atoms with E-state index in [-0.39, 0.29) is 23.8 Å². The van der Waals surface area contributed by atoms with Crippen LogP contribution in [0.3, 0.4) is 0 Å². The van der Waals surface area contributed by atoms with E-state index in [0.29, 0.717) is 19.8 Å². The number of rotatable bonds is 24. The Balaban J connectivity index is 1.99. The van der Waals surface area contributed by atoms with Gasteiger partial charge in [-0.3, -0.25) is 0 Å². The molecule has 0 aliphatic carbocycles. The van der Waals surface area contributed by atoms with Crippen LogP contribution in [0.5, 0.6) is 11.5 Å². The van der Waals surface area contributed by atoms with Gasteiger partial charge in [-0.05, 0) is 122 Å². The summed E-state index contributed by atoms with van der Waals surface area (Å²) in [6.45, 7) is 37.6. The Hall–Kier alpha value is -1.38. The van der Waals surface area contributed by atoms with Crippen molar-refractivity contribution in [2.45, 2.75) is 191 Å². The van der Waals surface area contributed by atoms with Crippen molar-refractivity contribution in [3.8, 4) is 11.5 Å². The van der Waals surface area contributed by atoms with E-state index in [9.17, 15) is 0 Å². The summed E-state index contributed by atoms with van der Waals surface area (Å²) in [5, 5.41) is 0. The maximum absolute atomic E-state index is 7.18. The van der Waals surface area contributed by atoms with Crippen LogP contribution in [-0.4, -0.2) is 48.2 Å². The number of benzene rings is 1. The van der Waals surface area contributed by atoms with Crippen molar-refractivity contribution in [1.82, 2.24) is 4.67 Å². The van der Waals surface area contributed by atoms with Gasteiger partial charge in [0.25, 0.3) is 8.53 Å². The van der Waals surface area contributed by atoms with Gasteiger partial charge in [0.15, 0.2) is 0 Å². The summed E-state index contributed by atoms with van der Waals surface area (Å²) in [7, 11) is -1.31. The highest BCUT2D eigenvalue weighted by Gasteiger charge is 2.35. The topological polar surface area (TPSA) is 44.5 Å². The average molecular weight is 703 g/mol. The molecular formula is C42H75N2O4P. The molecule has 1 aromatic rings. The van der Waals surface area contributed by atoms with Crippen LogP contribution in [0.2, 0.25) is 0 Å². The second kappa shape index (κ2) is 21.9. The fraction of sp³-hybridized carbons (Fsp3) is 0.833. The molecule has 0 aromatic heterocycles. The summed E-state index contributed by atoms with van der Waals surface area (Å²) >= 11 is 0. The zero-order chi connectivity index (χ0) is 36.7. The molecule has 0 N–H and O–H groups in total. The van der Waals surface area contributed by atoms with Crippen molar-refractivity contribution in [3.05, 3.63) is 33.7 Å². The van der Waals surface area contributed by atoms with E-state index in [1.807, 2.05) is 0 Å². The first-order chi connectivity index (χ1) is 23.1. The third-order valence-corrected chi connectivity index (χ3v) is 12.8. The number of ether oxygens (including phenoxy) is 2. The average Bonchev–Trinajstić information content (AvgIpc) is 3.02. The maximum Gasteiger partial charge on any atom is 0.259 e. The van der Waals surface area contributed by atoms with Crippen molar-refractivity contribution in [1.29, 1.82) is 0 Å². The second-order valence-corrected chi connectivity index (χ2v) is 17.8. The Kier molecular flexibility index (Phi) is 19.5. The molecular weight excluding hydrogens is 627 g/mol. The van der Waals surface area contributed by atoms with Crippen LogP contribution in [0, 0.1) is 45.1 Å². The molecule has 49 heavy (non-hydrogen) atoms. The minimum absolute atomic E-state index is 0.116. The van der Waals surface area contributed by atoms with E-state index in [4.69, 9.17) is 25.1 Å². The lowest BCUT2D eigenvalue weighted by atomic mass is 9.83. The molecule has 1 aliphatic heterocycles. The van der Waals surface area contributed by atoms with Crippen molar-refractivity contribution in [2.24, 2.45) is 17.8 Å². The van der Waals surface area contributed by atoms with E-state index in [1.54, 1.807) is 0 Å². The molecule has 1 heterocycles. The molecule has 0 saturated carbocycles. The second-order valence-electron chi connectivity index (χ2n) is 16.4. The Morgan fingerprint density at radius 2 is 1.45 bits per heavy atom. The molecule has 1 aromatic carbocycles. The first kappa shape index (κ1) is 43.8. The first-order valence-corrected chi connectivity index (χ1v) is 20.9. The summed E-state index contributed by atoms with van der Waals surface area (Å²) < 4.78 is 28.6.